The minimum atomic E-state index is -4.13. The Balaban J connectivity index is 2.00. The monoisotopic (exact) mass is 220 g/mol. The van der Waals surface area contributed by atoms with E-state index >= 15 is 0 Å². The molecule has 0 aromatic rings. The van der Waals surface area contributed by atoms with Crippen molar-refractivity contribution < 1.29 is 18.3 Å². The molecule has 4 aliphatic carbocycles. The summed E-state index contributed by atoms with van der Waals surface area (Å²) in [4.78, 5) is 0. The van der Waals surface area contributed by atoms with Gasteiger partial charge in [-0.25, -0.2) is 0 Å². The lowest BCUT2D eigenvalue weighted by Crippen LogP contribution is -2.60. The fourth-order valence-electron chi connectivity index (χ4n) is 4.55. The molecule has 0 saturated heterocycles. The van der Waals surface area contributed by atoms with Crippen molar-refractivity contribution in [1.29, 1.82) is 0 Å². The summed E-state index contributed by atoms with van der Waals surface area (Å²) in [6.07, 6.45) is -1.55. The number of aliphatic hydroxyl groups is 1. The summed E-state index contributed by atoms with van der Waals surface area (Å²) < 4.78 is 39.2. The normalized spacial score (nSPS) is 53.6. The molecule has 0 spiro atoms. The second kappa shape index (κ2) is 2.53. The van der Waals surface area contributed by atoms with Gasteiger partial charge >= 0.3 is 6.18 Å². The molecule has 1 N–H and O–H groups in total. The number of hydrogen-bond donors (Lipinski definition) is 1. The van der Waals surface area contributed by atoms with Crippen molar-refractivity contribution in [3.8, 4) is 0 Å². The quantitative estimate of drug-likeness (QED) is 0.665. The van der Waals surface area contributed by atoms with E-state index in [9.17, 15) is 18.3 Å². The van der Waals surface area contributed by atoms with Crippen molar-refractivity contribution in [3.63, 3.8) is 0 Å². The zero-order valence-corrected chi connectivity index (χ0v) is 8.48. The fourth-order valence-corrected chi connectivity index (χ4v) is 4.55. The second-order valence-corrected chi connectivity index (χ2v) is 5.96. The van der Waals surface area contributed by atoms with Crippen LogP contribution in [-0.2, 0) is 0 Å². The Labute approximate surface area is 86.7 Å². The highest BCUT2D eigenvalue weighted by Gasteiger charge is 2.66. The van der Waals surface area contributed by atoms with Gasteiger partial charge in [-0.1, -0.05) is 0 Å². The van der Waals surface area contributed by atoms with Crippen LogP contribution in [-0.4, -0.2) is 16.9 Å². The van der Waals surface area contributed by atoms with Gasteiger partial charge in [-0.15, -0.1) is 0 Å². The van der Waals surface area contributed by atoms with Crippen LogP contribution in [0.2, 0.25) is 0 Å². The molecule has 4 heteroatoms. The van der Waals surface area contributed by atoms with Gasteiger partial charge in [0.25, 0.3) is 0 Å². The molecular weight excluding hydrogens is 205 g/mol. The van der Waals surface area contributed by atoms with Gasteiger partial charge in [0.05, 0.1) is 11.0 Å². The molecular formula is C11H15F3O. The topological polar surface area (TPSA) is 20.2 Å². The highest BCUT2D eigenvalue weighted by atomic mass is 19.4. The summed E-state index contributed by atoms with van der Waals surface area (Å²) in [6, 6.07) is 0. The summed E-state index contributed by atoms with van der Waals surface area (Å²) in [6.45, 7) is 0. The van der Waals surface area contributed by atoms with Crippen molar-refractivity contribution in [3.05, 3.63) is 0 Å². The van der Waals surface area contributed by atoms with E-state index in [0.717, 1.165) is 6.42 Å². The number of alkyl halides is 3. The van der Waals surface area contributed by atoms with E-state index in [0.29, 0.717) is 12.8 Å². The minimum Gasteiger partial charge on any atom is -0.390 e. The third-order valence-corrected chi connectivity index (χ3v) is 4.63. The molecule has 0 heterocycles. The Kier molecular flexibility index (Phi) is 1.67. The lowest BCUT2D eigenvalue weighted by Gasteiger charge is -2.60. The van der Waals surface area contributed by atoms with Crippen LogP contribution in [0, 0.1) is 17.3 Å². The maximum absolute atomic E-state index is 13.1. The summed E-state index contributed by atoms with van der Waals surface area (Å²) >= 11 is 0. The first-order valence-corrected chi connectivity index (χ1v) is 5.61. The van der Waals surface area contributed by atoms with E-state index in [4.69, 9.17) is 0 Å². The molecule has 0 radical (unpaired) electrons. The molecule has 4 bridgehead atoms. The smallest absolute Gasteiger partial charge is 0.390 e. The Morgan fingerprint density at radius 2 is 1.53 bits per heavy atom. The van der Waals surface area contributed by atoms with E-state index in [-0.39, 0.29) is 31.1 Å². The molecule has 4 saturated carbocycles. The van der Waals surface area contributed by atoms with Crippen LogP contribution in [0.15, 0.2) is 0 Å². The minimum absolute atomic E-state index is 0.0451. The van der Waals surface area contributed by atoms with Gasteiger partial charge in [0.15, 0.2) is 0 Å². The molecule has 15 heavy (non-hydrogen) atoms. The lowest BCUT2D eigenvalue weighted by molar-refractivity contribution is -0.297. The molecule has 2 unspecified atom stereocenters. The molecule has 1 nitrogen and oxygen atoms in total. The first-order chi connectivity index (χ1) is 6.82. The lowest BCUT2D eigenvalue weighted by atomic mass is 9.47. The van der Waals surface area contributed by atoms with Crippen LogP contribution in [0.5, 0.6) is 0 Å². The van der Waals surface area contributed by atoms with Gasteiger partial charge in [-0.05, 0) is 50.4 Å². The summed E-state index contributed by atoms with van der Waals surface area (Å²) in [5.74, 6) is 0.218. The van der Waals surface area contributed by atoms with Gasteiger partial charge in [-0.2, -0.15) is 13.2 Å². The molecule has 4 aliphatic rings. The van der Waals surface area contributed by atoms with Crippen molar-refractivity contribution in [2.24, 2.45) is 17.3 Å². The first kappa shape index (κ1) is 9.94. The Bertz CT molecular complexity index is 283. The predicted octanol–water partition coefficient (Wildman–Crippen LogP) is 2.88. The molecule has 0 aromatic carbocycles. The SMILES string of the molecule is OC12CC3CC(C1)CC(C(F)(F)F)(C3)C2. The van der Waals surface area contributed by atoms with Gasteiger partial charge in [0.2, 0.25) is 0 Å². The number of rotatable bonds is 0. The molecule has 4 fully saturated rings. The Morgan fingerprint density at radius 1 is 1.00 bits per heavy atom. The molecule has 86 valence electrons. The van der Waals surface area contributed by atoms with Gasteiger partial charge < -0.3 is 5.11 Å². The van der Waals surface area contributed by atoms with Crippen LogP contribution in [0.4, 0.5) is 13.2 Å². The van der Waals surface area contributed by atoms with Crippen LogP contribution in [0.25, 0.3) is 0 Å². The predicted molar refractivity (Wildman–Crippen MR) is 48.1 cm³/mol. The van der Waals surface area contributed by atoms with Crippen LogP contribution >= 0.6 is 0 Å². The van der Waals surface area contributed by atoms with E-state index < -0.39 is 17.2 Å². The van der Waals surface area contributed by atoms with Crippen LogP contribution < -0.4 is 0 Å². The number of halogens is 3. The van der Waals surface area contributed by atoms with Crippen LogP contribution in [0.3, 0.4) is 0 Å². The van der Waals surface area contributed by atoms with Gasteiger partial charge in [0.1, 0.15) is 0 Å². The van der Waals surface area contributed by atoms with Gasteiger partial charge in [-0.3, -0.25) is 0 Å². The van der Waals surface area contributed by atoms with Crippen molar-refractivity contribution in [2.45, 2.75) is 50.3 Å². The maximum Gasteiger partial charge on any atom is 0.394 e. The third kappa shape index (κ3) is 1.26. The summed E-state index contributed by atoms with van der Waals surface area (Å²) in [7, 11) is 0. The average molecular weight is 220 g/mol. The molecule has 2 atom stereocenters. The van der Waals surface area contributed by atoms with E-state index in [1.165, 1.54) is 0 Å². The van der Waals surface area contributed by atoms with Crippen molar-refractivity contribution in [1.82, 2.24) is 0 Å². The van der Waals surface area contributed by atoms with E-state index in [2.05, 4.69) is 0 Å². The molecule has 0 aromatic heterocycles. The molecule has 0 aliphatic heterocycles. The second-order valence-electron chi connectivity index (χ2n) is 5.96. The molecule has 0 amide bonds. The van der Waals surface area contributed by atoms with Crippen molar-refractivity contribution in [2.75, 3.05) is 0 Å². The third-order valence-electron chi connectivity index (χ3n) is 4.63. The Morgan fingerprint density at radius 3 is 1.93 bits per heavy atom. The first-order valence-electron chi connectivity index (χ1n) is 5.61. The largest absolute Gasteiger partial charge is 0.394 e. The molecule has 4 rings (SSSR count). The van der Waals surface area contributed by atoms with Crippen molar-refractivity contribution >= 4 is 0 Å². The number of hydrogen-bond acceptors (Lipinski definition) is 1. The highest BCUT2D eigenvalue weighted by Crippen LogP contribution is 2.66. The van der Waals surface area contributed by atoms with Crippen LogP contribution in [0.1, 0.15) is 38.5 Å². The van der Waals surface area contributed by atoms with E-state index in [1.54, 1.807) is 0 Å². The zero-order chi connectivity index (χ0) is 10.9. The van der Waals surface area contributed by atoms with E-state index in [1.807, 2.05) is 0 Å². The fraction of sp³-hybridized carbons (Fsp3) is 1.00. The summed E-state index contributed by atoms with van der Waals surface area (Å²) in [5, 5.41) is 10.1. The zero-order valence-electron chi connectivity index (χ0n) is 8.48. The summed E-state index contributed by atoms with van der Waals surface area (Å²) in [5.41, 5.74) is -2.55. The Hall–Kier alpha value is -0.250. The highest BCUT2D eigenvalue weighted by molar-refractivity contribution is 5.10. The average Bonchev–Trinajstić information content (AvgIpc) is 1.95. The standard InChI is InChI=1S/C11H15F3O/c12-11(13,14)9-2-7-1-8(3-9)5-10(15,4-7)6-9/h7-8,15H,1-6H2. The maximum atomic E-state index is 13.1. The van der Waals surface area contributed by atoms with Gasteiger partial charge in [0, 0.05) is 0 Å².